The van der Waals surface area contributed by atoms with Crippen molar-refractivity contribution in [3.63, 3.8) is 0 Å². The van der Waals surface area contributed by atoms with E-state index in [4.69, 9.17) is 14.1 Å². The van der Waals surface area contributed by atoms with Crippen molar-refractivity contribution in [1.82, 2.24) is 4.98 Å². The van der Waals surface area contributed by atoms with Gasteiger partial charge in [0, 0.05) is 0 Å². The van der Waals surface area contributed by atoms with E-state index >= 15 is 0 Å². The summed E-state index contributed by atoms with van der Waals surface area (Å²) in [5, 5.41) is 0.836. The van der Waals surface area contributed by atoms with Crippen LogP contribution in [0.1, 0.15) is 50.6 Å². The molecule has 0 radical (unpaired) electrons. The lowest BCUT2D eigenvalue weighted by Gasteiger charge is -2.22. The summed E-state index contributed by atoms with van der Waals surface area (Å²) < 4.78 is 11.8. The molecule has 5 aromatic rings. The minimum Gasteiger partial charge on any atom is -0.462 e. The molecule has 0 bridgehead atoms. The van der Waals surface area contributed by atoms with E-state index in [-0.39, 0.29) is 17.8 Å². The van der Waals surface area contributed by atoms with Gasteiger partial charge in [-0.15, -0.1) is 0 Å². The van der Waals surface area contributed by atoms with Gasteiger partial charge < -0.3 is 9.15 Å². The number of carbonyl (C=O) groups excluding carboxylic acids is 2. The molecule has 0 fully saturated rings. The van der Waals surface area contributed by atoms with E-state index in [2.05, 4.69) is 0 Å². The Labute approximate surface area is 209 Å². The van der Waals surface area contributed by atoms with Gasteiger partial charge in [-0.25, -0.2) is 9.78 Å². The average molecular weight is 497 g/mol. The number of hydrogen-bond acceptors (Lipinski definition) is 7. The van der Waals surface area contributed by atoms with Crippen LogP contribution in [-0.4, -0.2) is 23.5 Å². The van der Waals surface area contributed by atoms with Crippen molar-refractivity contribution in [3.8, 4) is 0 Å². The Hall–Kier alpha value is -4.30. The maximum atomic E-state index is 13.8. The van der Waals surface area contributed by atoms with Gasteiger partial charge in [-0.05, 0) is 49.7 Å². The molecule has 1 aliphatic heterocycles. The van der Waals surface area contributed by atoms with E-state index in [1.54, 1.807) is 49.4 Å². The third-order valence-corrected chi connectivity index (χ3v) is 7.28. The van der Waals surface area contributed by atoms with E-state index in [9.17, 15) is 14.4 Å². The van der Waals surface area contributed by atoms with Gasteiger partial charge in [0.15, 0.2) is 10.6 Å². The van der Waals surface area contributed by atoms with Crippen LogP contribution in [0.25, 0.3) is 21.2 Å². The molecule has 0 spiro atoms. The Morgan fingerprint density at radius 3 is 2.64 bits per heavy atom. The third kappa shape index (κ3) is 3.41. The summed E-state index contributed by atoms with van der Waals surface area (Å²) in [6, 6.07) is 19.0. The van der Waals surface area contributed by atoms with Crippen molar-refractivity contribution in [2.45, 2.75) is 19.9 Å². The van der Waals surface area contributed by atoms with Crippen molar-refractivity contribution < 1.29 is 18.7 Å². The lowest BCUT2D eigenvalue weighted by atomic mass is 9.98. The molecular formula is C28H20N2O5S. The number of carbonyl (C=O) groups is 2. The van der Waals surface area contributed by atoms with Crippen LogP contribution < -0.4 is 10.3 Å². The SMILES string of the molecule is CCOC(=O)c1ccc2nc(N3C(=O)c4oc5ccccc5c(=O)c4[C@H]3c3ccc(C)cc3)sc2c1. The number of anilines is 1. The zero-order valence-corrected chi connectivity index (χ0v) is 20.3. The molecule has 0 saturated heterocycles. The number of nitrogens with zero attached hydrogens (tertiary/aromatic N) is 2. The average Bonchev–Trinajstić information content (AvgIpc) is 3.43. The predicted octanol–water partition coefficient (Wildman–Crippen LogP) is 5.64. The van der Waals surface area contributed by atoms with Crippen molar-refractivity contribution in [3.05, 3.63) is 105 Å². The molecule has 2 aromatic heterocycles. The second kappa shape index (κ2) is 8.42. The first-order valence-corrected chi connectivity index (χ1v) is 12.3. The second-order valence-corrected chi connectivity index (χ2v) is 9.57. The fourth-order valence-electron chi connectivity index (χ4n) is 4.54. The van der Waals surface area contributed by atoms with Gasteiger partial charge in [-0.1, -0.05) is 53.3 Å². The van der Waals surface area contributed by atoms with E-state index in [0.29, 0.717) is 32.7 Å². The van der Waals surface area contributed by atoms with Gasteiger partial charge in [0.25, 0.3) is 5.91 Å². The van der Waals surface area contributed by atoms with Crippen LogP contribution in [0.2, 0.25) is 0 Å². The molecule has 7 nitrogen and oxygen atoms in total. The molecule has 6 rings (SSSR count). The minimum atomic E-state index is -0.695. The van der Waals surface area contributed by atoms with Crippen LogP contribution in [0.3, 0.4) is 0 Å². The normalized spacial score (nSPS) is 15.0. The van der Waals surface area contributed by atoms with Gasteiger partial charge in [0.05, 0.1) is 39.4 Å². The first kappa shape index (κ1) is 22.2. The molecule has 1 atom stereocenters. The number of amides is 1. The number of aryl methyl sites for hydroxylation is 1. The summed E-state index contributed by atoms with van der Waals surface area (Å²) in [6.07, 6.45) is 0. The number of hydrogen-bond donors (Lipinski definition) is 0. The van der Waals surface area contributed by atoms with Gasteiger partial charge >= 0.3 is 5.97 Å². The second-order valence-electron chi connectivity index (χ2n) is 8.56. The van der Waals surface area contributed by atoms with Gasteiger partial charge in [-0.2, -0.15) is 0 Å². The highest BCUT2D eigenvalue weighted by Gasteiger charge is 2.45. The van der Waals surface area contributed by atoms with E-state index in [0.717, 1.165) is 15.8 Å². The molecule has 8 heteroatoms. The smallest absolute Gasteiger partial charge is 0.338 e. The molecule has 36 heavy (non-hydrogen) atoms. The number of esters is 1. The number of benzene rings is 3. The quantitative estimate of drug-likeness (QED) is 0.299. The van der Waals surface area contributed by atoms with Crippen LogP contribution in [0.4, 0.5) is 5.13 Å². The Morgan fingerprint density at radius 2 is 1.86 bits per heavy atom. The monoisotopic (exact) mass is 496 g/mol. The highest BCUT2D eigenvalue weighted by atomic mass is 32.1. The van der Waals surface area contributed by atoms with E-state index in [1.165, 1.54) is 16.2 Å². The van der Waals surface area contributed by atoms with Crippen molar-refractivity contribution in [2.75, 3.05) is 11.5 Å². The first-order valence-electron chi connectivity index (χ1n) is 11.5. The Bertz CT molecular complexity index is 1740. The van der Waals surface area contributed by atoms with Crippen molar-refractivity contribution >= 4 is 49.5 Å². The Kier molecular flexibility index (Phi) is 5.19. The molecule has 3 heterocycles. The third-order valence-electron chi connectivity index (χ3n) is 6.27. The van der Waals surface area contributed by atoms with Gasteiger partial charge in [0.2, 0.25) is 5.76 Å². The fourth-order valence-corrected chi connectivity index (χ4v) is 5.57. The molecular weight excluding hydrogens is 476 g/mol. The van der Waals surface area contributed by atoms with Crippen molar-refractivity contribution in [2.24, 2.45) is 0 Å². The highest BCUT2D eigenvalue weighted by molar-refractivity contribution is 7.22. The number of thiazole rings is 1. The Balaban J connectivity index is 1.55. The molecule has 178 valence electrons. The lowest BCUT2D eigenvalue weighted by molar-refractivity contribution is 0.0526. The largest absolute Gasteiger partial charge is 0.462 e. The van der Waals surface area contributed by atoms with Crippen LogP contribution in [0, 0.1) is 6.92 Å². The zero-order valence-electron chi connectivity index (χ0n) is 19.5. The lowest BCUT2D eigenvalue weighted by Crippen LogP contribution is -2.29. The molecule has 1 aliphatic rings. The summed E-state index contributed by atoms with van der Waals surface area (Å²) in [6.45, 7) is 4.01. The molecule has 1 amide bonds. The van der Waals surface area contributed by atoms with Crippen LogP contribution >= 0.6 is 11.3 Å². The zero-order chi connectivity index (χ0) is 25.0. The molecule has 3 aromatic carbocycles. The number of fused-ring (bicyclic) bond motifs is 3. The standard InChI is InChI=1S/C28H20N2O5S/c1-3-34-27(33)17-12-13-19-21(14-17)36-28(29-19)30-23(16-10-8-15(2)9-11-16)22-24(31)18-6-4-5-7-20(18)35-25(22)26(30)32/h4-14,23H,3H2,1-2H3/t23-/m1/s1. The summed E-state index contributed by atoms with van der Waals surface area (Å²) in [7, 11) is 0. The fraction of sp³-hybridized carbons (Fsp3) is 0.143. The van der Waals surface area contributed by atoms with Crippen LogP contribution in [-0.2, 0) is 4.74 Å². The molecule has 0 unspecified atom stereocenters. The maximum absolute atomic E-state index is 13.8. The Morgan fingerprint density at radius 1 is 1.08 bits per heavy atom. The predicted molar refractivity (Wildman–Crippen MR) is 138 cm³/mol. The summed E-state index contributed by atoms with van der Waals surface area (Å²) >= 11 is 1.27. The number of rotatable bonds is 4. The highest BCUT2D eigenvalue weighted by Crippen LogP contribution is 2.43. The minimum absolute atomic E-state index is 0.0238. The van der Waals surface area contributed by atoms with E-state index in [1.807, 2.05) is 31.2 Å². The summed E-state index contributed by atoms with van der Waals surface area (Å²) in [4.78, 5) is 45.8. The summed E-state index contributed by atoms with van der Waals surface area (Å²) in [5.41, 5.74) is 3.32. The molecule has 0 N–H and O–H groups in total. The van der Waals surface area contributed by atoms with E-state index < -0.39 is 17.9 Å². The number of para-hydroxylation sites is 1. The first-order chi connectivity index (χ1) is 17.5. The van der Waals surface area contributed by atoms with Crippen LogP contribution in [0.5, 0.6) is 0 Å². The maximum Gasteiger partial charge on any atom is 0.338 e. The van der Waals surface area contributed by atoms with Crippen LogP contribution in [0.15, 0.2) is 75.9 Å². The van der Waals surface area contributed by atoms with Gasteiger partial charge in [0.1, 0.15) is 5.58 Å². The van der Waals surface area contributed by atoms with Gasteiger partial charge in [-0.3, -0.25) is 14.5 Å². The molecule has 0 saturated carbocycles. The van der Waals surface area contributed by atoms with Crippen molar-refractivity contribution in [1.29, 1.82) is 0 Å². The summed E-state index contributed by atoms with van der Waals surface area (Å²) in [5.74, 6) is -0.822. The topological polar surface area (TPSA) is 89.7 Å². The molecule has 0 aliphatic carbocycles. The number of ether oxygens (including phenoxy) is 1. The number of aromatic nitrogens is 1.